The Hall–Kier alpha value is -2.80. The van der Waals surface area contributed by atoms with Gasteiger partial charge in [-0.25, -0.2) is 4.99 Å². The number of halogens is 1. The van der Waals surface area contributed by atoms with Crippen LogP contribution in [0.3, 0.4) is 0 Å². The van der Waals surface area contributed by atoms with Gasteiger partial charge in [0, 0.05) is 24.4 Å². The fraction of sp³-hybridized carbons (Fsp3) is 0.350. The molecule has 0 aliphatic carbocycles. The fourth-order valence-corrected chi connectivity index (χ4v) is 2.66. The van der Waals surface area contributed by atoms with Crippen LogP contribution in [0.15, 0.2) is 41.4 Å². The number of benzene rings is 2. The Bertz CT molecular complexity index is 774. The molecule has 0 spiro atoms. The Morgan fingerprint density at radius 2 is 1.68 bits per heavy atom. The van der Waals surface area contributed by atoms with E-state index in [9.17, 15) is 0 Å². The first-order valence-corrected chi connectivity index (χ1v) is 9.23. The zero-order chi connectivity index (χ0) is 20.4. The Labute approximate surface area is 170 Å². The van der Waals surface area contributed by atoms with Crippen LogP contribution in [0, 0.1) is 0 Å². The molecule has 0 aromatic heterocycles. The molecule has 2 aromatic rings. The number of rotatable bonds is 9. The highest BCUT2D eigenvalue weighted by atomic mass is 35.5. The van der Waals surface area contributed by atoms with Crippen molar-refractivity contribution in [2.45, 2.75) is 6.92 Å². The van der Waals surface area contributed by atoms with E-state index in [-0.39, 0.29) is 0 Å². The van der Waals surface area contributed by atoms with E-state index in [1.807, 2.05) is 37.3 Å². The van der Waals surface area contributed by atoms with Gasteiger partial charge >= 0.3 is 0 Å². The Morgan fingerprint density at radius 1 is 1.00 bits per heavy atom. The number of hydrogen-bond acceptors (Lipinski definition) is 5. The molecule has 0 aliphatic heterocycles. The van der Waals surface area contributed by atoms with Gasteiger partial charge in [0.05, 0.1) is 32.9 Å². The molecule has 0 saturated heterocycles. The van der Waals surface area contributed by atoms with E-state index in [0.29, 0.717) is 53.7 Å². The largest absolute Gasteiger partial charge is 0.493 e. The first kappa shape index (κ1) is 21.5. The van der Waals surface area contributed by atoms with Crippen molar-refractivity contribution in [1.29, 1.82) is 0 Å². The van der Waals surface area contributed by atoms with Crippen molar-refractivity contribution >= 4 is 23.2 Å². The highest BCUT2D eigenvalue weighted by Gasteiger charge is 2.14. The average Bonchev–Trinajstić information content (AvgIpc) is 2.71. The molecule has 0 heterocycles. The van der Waals surface area contributed by atoms with Crippen LogP contribution in [0.2, 0.25) is 5.02 Å². The molecule has 2 N–H and O–H groups in total. The van der Waals surface area contributed by atoms with Crippen LogP contribution in [-0.2, 0) is 0 Å². The second-order valence-electron chi connectivity index (χ2n) is 5.58. The molecule has 152 valence electrons. The van der Waals surface area contributed by atoms with Crippen LogP contribution in [-0.4, -0.2) is 47.0 Å². The van der Waals surface area contributed by atoms with Crippen molar-refractivity contribution in [3.05, 3.63) is 41.4 Å². The standard InChI is InChI=1S/C20H26ClN3O4/c1-5-22-20(23-10-11-28-16-9-7-6-8-15(16)21)24-14-12-17(25-2)19(27-4)18(13-14)26-3/h6-9,12-13H,5,10-11H2,1-4H3,(H2,22,23,24). The molecule has 8 heteroatoms. The van der Waals surface area contributed by atoms with Crippen LogP contribution >= 0.6 is 11.6 Å². The van der Waals surface area contributed by atoms with Gasteiger partial charge in [-0.2, -0.15) is 0 Å². The lowest BCUT2D eigenvalue weighted by atomic mass is 10.2. The third-order valence-corrected chi connectivity index (χ3v) is 4.04. The number of hydrogen-bond donors (Lipinski definition) is 2. The van der Waals surface area contributed by atoms with Gasteiger partial charge in [0.2, 0.25) is 5.75 Å². The predicted octanol–water partition coefficient (Wildman–Crippen LogP) is 3.82. The first-order chi connectivity index (χ1) is 13.6. The van der Waals surface area contributed by atoms with Crippen molar-refractivity contribution in [2.24, 2.45) is 4.99 Å². The molecule has 0 atom stereocenters. The van der Waals surface area contributed by atoms with E-state index in [2.05, 4.69) is 15.6 Å². The molecular weight excluding hydrogens is 382 g/mol. The molecule has 2 rings (SSSR count). The van der Waals surface area contributed by atoms with Crippen molar-refractivity contribution in [3.63, 3.8) is 0 Å². The van der Waals surface area contributed by atoms with Crippen molar-refractivity contribution in [3.8, 4) is 23.0 Å². The van der Waals surface area contributed by atoms with Crippen molar-refractivity contribution in [1.82, 2.24) is 5.32 Å². The smallest absolute Gasteiger partial charge is 0.203 e. The molecule has 0 saturated carbocycles. The second-order valence-corrected chi connectivity index (χ2v) is 5.99. The number of ether oxygens (including phenoxy) is 4. The van der Waals surface area contributed by atoms with Crippen LogP contribution < -0.4 is 29.6 Å². The average molecular weight is 408 g/mol. The summed E-state index contributed by atoms with van der Waals surface area (Å²) in [5, 5.41) is 7.00. The normalized spacial score (nSPS) is 11.0. The van der Waals surface area contributed by atoms with E-state index in [1.165, 1.54) is 0 Å². The highest BCUT2D eigenvalue weighted by Crippen LogP contribution is 2.39. The van der Waals surface area contributed by atoms with E-state index in [4.69, 9.17) is 30.5 Å². The molecule has 0 aliphatic rings. The summed E-state index contributed by atoms with van der Waals surface area (Å²) in [5.74, 6) is 2.90. The van der Waals surface area contributed by atoms with Crippen molar-refractivity contribution < 1.29 is 18.9 Å². The lowest BCUT2D eigenvalue weighted by Crippen LogP contribution is -2.31. The molecular formula is C20H26ClN3O4. The van der Waals surface area contributed by atoms with Gasteiger partial charge in [-0.05, 0) is 19.1 Å². The summed E-state index contributed by atoms with van der Waals surface area (Å²) in [6, 6.07) is 11.0. The molecule has 2 aromatic carbocycles. The number of anilines is 1. The zero-order valence-electron chi connectivity index (χ0n) is 16.5. The van der Waals surface area contributed by atoms with E-state index >= 15 is 0 Å². The van der Waals surface area contributed by atoms with Gasteiger partial charge in [0.1, 0.15) is 12.4 Å². The summed E-state index contributed by atoms with van der Waals surface area (Å²) < 4.78 is 21.8. The summed E-state index contributed by atoms with van der Waals surface area (Å²) in [4.78, 5) is 4.52. The molecule has 0 fully saturated rings. The van der Waals surface area contributed by atoms with Crippen LogP contribution in [0.1, 0.15) is 6.92 Å². The van der Waals surface area contributed by atoms with Crippen LogP contribution in [0.5, 0.6) is 23.0 Å². The predicted molar refractivity (Wildman–Crippen MR) is 113 cm³/mol. The van der Waals surface area contributed by atoms with E-state index in [1.54, 1.807) is 27.4 Å². The van der Waals surface area contributed by atoms with Gasteiger partial charge in [-0.1, -0.05) is 23.7 Å². The number of methoxy groups -OCH3 is 3. The fourth-order valence-electron chi connectivity index (χ4n) is 2.47. The Kier molecular flexibility index (Phi) is 8.55. The molecule has 7 nitrogen and oxygen atoms in total. The first-order valence-electron chi connectivity index (χ1n) is 8.85. The number of nitrogens with zero attached hydrogens (tertiary/aromatic N) is 1. The topological polar surface area (TPSA) is 73.3 Å². The molecule has 0 radical (unpaired) electrons. The van der Waals surface area contributed by atoms with Gasteiger partial charge in [-0.3, -0.25) is 0 Å². The van der Waals surface area contributed by atoms with Crippen LogP contribution in [0.4, 0.5) is 5.69 Å². The second kappa shape index (κ2) is 11.1. The molecule has 0 amide bonds. The quantitative estimate of drug-likeness (QED) is 0.374. The lowest BCUT2D eigenvalue weighted by molar-refractivity contribution is 0.324. The molecule has 0 unspecified atom stereocenters. The lowest BCUT2D eigenvalue weighted by Gasteiger charge is -2.16. The number of guanidine groups is 1. The maximum Gasteiger partial charge on any atom is 0.203 e. The minimum Gasteiger partial charge on any atom is -0.493 e. The monoisotopic (exact) mass is 407 g/mol. The summed E-state index contributed by atoms with van der Waals surface area (Å²) in [7, 11) is 4.72. The van der Waals surface area contributed by atoms with Gasteiger partial charge in [-0.15, -0.1) is 0 Å². The SMILES string of the molecule is CCNC(=NCCOc1ccccc1Cl)Nc1cc(OC)c(OC)c(OC)c1. The van der Waals surface area contributed by atoms with Gasteiger partial charge in [0.15, 0.2) is 17.5 Å². The summed E-state index contributed by atoms with van der Waals surface area (Å²) in [6.45, 7) is 3.55. The minimum atomic E-state index is 0.398. The van der Waals surface area contributed by atoms with Crippen molar-refractivity contribution in [2.75, 3.05) is 46.3 Å². The zero-order valence-corrected chi connectivity index (χ0v) is 17.3. The summed E-state index contributed by atoms with van der Waals surface area (Å²) in [5.41, 5.74) is 0.751. The molecule has 0 bridgehead atoms. The van der Waals surface area contributed by atoms with Gasteiger partial charge in [0.25, 0.3) is 0 Å². The summed E-state index contributed by atoms with van der Waals surface area (Å²) in [6.07, 6.45) is 0. The van der Waals surface area contributed by atoms with E-state index in [0.717, 1.165) is 5.69 Å². The Morgan fingerprint density at radius 3 is 2.25 bits per heavy atom. The van der Waals surface area contributed by atoms with Crippen LogP contribution in [0.25, 0.3) is 0 Å². The van der Waals surface area contributed by atoms with Gasteiger partial charge < -0.3 is 29.6 Å². The highest BCUT2D eigenvalue weighted by molar-refractivity contribution is 6.32. The maximum absolute atomic E-state index is 6.09. The Balaban J connectivity index is 2.07. The number of nitrogens with one attached hydrogen (secondary N) is 2. The third-order valence-electron chi connectivity index (χ3n) is 3.73. The van der Waals surface area contributed by atoms with E-state index < -0.39 is 0 Å². The maximum atomic E-state index is 6.09. The number of aliphatic imine (C=N–C) groups is 1. The minimum absolute atomic E-state index is 0.398. The summed E-state index contributed by atoms with van der Waals surface area (Å²) >= 11 is 6.09. The third kappa shape index (κ3) is 5.85. The number of para-hydroxylation sites is 1. The molecule has 28 heavy (non-hydrogen) atoms.